The van der Waals surface area contributed by atoms with Crippen molar-refractivity contribution in [3.63, 3.8) is 0 Å². The van der Waals surface area contributed by atoms with Crippen molar-refractivity contribution in [3.05, 3.63) is 0 Å². The van der Waals surface area contributed by atoms with Crippen molar-refractivity contribution >= 4 is 17.0 Å². The Balaban J connectivity index is 2.56. The summed E-state index contributed by atoms with van der Waals surface area (Å²) >= 11 is -0.847. The Hall–Kier alpha value is -0.0200. The highest BCUT2D eigenvalue weighted by Gasteiger charge is 2.32. The monoisotopic (exact) mass is 132 g/mol. The minimum Gasteiger partial charge on any atom is -0.616 e. The Morgan fingerprint density at radius 3 is 2.62 bits per heavy atom. The third kappa shape index (κ3) is 0.880. The third-order valence-corrected chi connectivity index (χ3v) is 3.06. The van der Waals surface area contributed by atoms with Crippen LogP contribution in [0.25, 0.3) is 0 Å². The molecule has 0 saturated carbocycles. The summed E-state index contributed by atoms with van der Waals surface area (Å²) in [6.07, 6.45) is 0.522. The summed E-state index contributed by atoms with van der Waals surface area (Å²) in [5.41, 5.74) is 0. The number of hydrogen-bond donors (Lipinski definition) is 0. The Kier molecular flexibility index (Phi) is 1.58. The van der Waals surface area contributed by atoms with E-state index in [4.69, 9.17) is 0 Å². The molecule has 0 aromatic heterocycles. The van der Waals surface area contributed by atoms with Gasteiger partial charge in [0.25, 0.3) is 0 Å². The van der Waals surface area contributed by atoms with Gasteiger partial charge in [0, 0.05) is 0 Å². The molecule has 1 fully saturated rings. The van der Waals surface area contributed by atoms with Crippen LogP contribution < -0.4 is 0 Å². The molecule has 0 aliphatic carbocycles. The van der Waals surface area contributed by atoms with Crippen LogP contribution in [0.1, 0.15) is 13.3 Å². The smallest absolute Gasteiger partial charge is 0.189 e. The summed E-state index contributed by atoms with van der Waals surface area (Å²) in [6.45, 7) is 1.73. The number of hydrogen-bond acceptors (Lipinski definition) is 2. The predicted molar refractivity (Wildman–Crippen MR) is 32.1 cm³/mol. The Bertz CT molecular complexity index is 113. The van der Waals surface area contributed by atoms with Gasteiger partial charge in [-0.25, -0.2) is 0 Å². The molecule has 3 heteroatoms. The molecule has 0 N–H and O–H groups in total. The second kappa shape index (κ2) is 2.07. The van der Waals surface area contributed by atoms with Crippen molar-refractivity contribution in [2.75, 3.05) is 5.75 Å². The van der Waals surface area contributed by atoms with Gasteiger partial charge in [0.05, 0.1) is 6.42 Å². The van der Waals surface area contributed by atoms with Gasteiger partial charge >= 0.3 is 0 Å². The van der Waals surface area contributed by atoms with E-state index in [1.807, 2.05) is 0 Å². The highest BCUT2D eigenvalue weighted by molar-refractivity contribution is 7.93. The lowest BCUT2D eigenvalue weighted by atomic mass is 10.2. The molecule has 2 atom stereocenters. The van der Waals surface area contributed by atoms with Gasteiger partial charge in [0.2, 0.25) is 0 Å². The lowest BCUT2D eigenvalue weighted by Gasteiger charge is -2.04. The van der Waals surface area contributed by atoms with Crippen molar-refractivity contribution in [1.82, 2.24) is 0 Å². The first-order valence-corrected chi connectivity index (χ1v) is 4.00. The Morgan fingerprint density at radius 2 is 2.50 bits per heavy atom. The van der Waals surface area contributed by atoms with E-state index < -0.39 is 11.2 Å². The van der Waals surface area contributed by atoms with Crippen LogP contribution >= 0.6 is 0 Å². The zero-order valence-electron chi connectivity index (χ0n) is 4.72. The van der Waals surface area contributed by atoms with Gasteiger partial charge in [-0.15, -0.1) is 0 Å². The highest BCUT2D eigenvalue weighted by atomic mass is 32.2. The first-order valence-electron chi connectivity index (χ1n) is 2.61. The molecule has 1 aliphatic rings. The maximum atomic E-state index is 10.7. The molecular weight excluding hydrogens is 124 g/mol. The molecule has 0 radical (unpaired) electrons. The first kappa shape index (κ1) is 6.11. The number of ketones is 1. The van der Waals surface area contributed by atoms with E-state index >= 15 is 0 Å². The average molecular weight is 132 g/mol. The van der Waals surface area contributed by atoms with Gasteiger partial charge in [-0.1, -0.05) is 0 Å². The lowest BCUT2D eigenvalue weighted by molar-refractivity contribution is -0.117. The average Bonchev–Trinajstić information content (AvgIpc) is 1.98. The molecular formula is C5H8O2S. The summed E-state index contributed by atoms with van der Waals surface area (Å²) in [5.74, 6) is 0.739. The summed E-state index contributed by atoms with van der Waals surface area (Å²) in [7, 11) is 0. The molecule has 1 aliphatic heterocycles. The van der Waals surface area contributed by atoms with Crippen LogP contribution in [0, 0.1) is 0 Å². The van der Waals surface area contributed by atoms with Crippen molar-refractivity contribution in [2.24, 2.45) is 0 Å². The number of carbonyl (C=O) groups excluding carboxylic acids is 1. The second-order valence-corrected chi connectivity index (χ2v) is 3.82. The highest BCUT2D eigenvalue weighted by Crippen LogP contribution is 2.14. The summed E-state index contributed by atoms with van der Waals surface area (Å²) in [4.78, 5) is 10.6. The van der Waals surface area contributed by atoms with Crippen LogP contribution in [0.3, 0.4) is 0 Å². The quantitative estimate of drug-likeness (QED) is 0.438. The van der Waals surface area contributed by atoms with Gasteiger partial charge in [0.1, 0.15) is 5.75 Å². The van der Waals surface area contributed by atoms with Gasteiger partial charge in [-0.3, -0.25) is 4.79 Å². The van der Waals surface area contributed by atoms with E-state index in [0.29, 0.717) is 12.2 Å². The van der Waals surface area contributed by atoms with Gasteiger partial charge in [-0.2, -0.15) is 0 Å². The minimum absolute atomic E-state index is 0.156. The largest absolute Gasteiger partial charge is 0.616 e. The van der Waals surface area contributed by atoms with E-state index in [1.165, 1.54) is 0 Å². The molecule has 0 amide bonds. The molecule has 2 nitrogen and oxygen atoms in total. The third-order valence-electron chi connectivity index (χ3n) is 1.40. The van der Waals surface area contributed by atoms with E-state index in [-0.39, 0.29) is 11.0 Å². The molecule has 2 unspecified atom stereocenters. The minimum atomic E-state index is -0.847. The standard InChI is InChI=1S/C5H8O2S/c1-4-5(6)2-3-8(4)7/h4H,2-3H2,1H3. The molecule has 0 aromatic carbocycles. The molecule has 46 valence electrons. The maximum absolute atomic E-state index is 10.7. The summed E-state index contributed by atoms with van der Waals surface area (Å²) < 4.78 is 10.7. The van der Waals surface area contributed by atoms with Crippen molar-refractivity contribution < 1.29 is 9.35 Å². The maximum Gasteiger partial charge on any atom is 0.189 e. The van der Waals surface area contributed by atoms with Gasteiger partial charge in [0.15, 0.2) is 11.0 Å². The Labute approximate surface area is 51.4 Å². The van der Waals surface area contributed by atoms with E-state index in [0.717, 1.165) is 0 Å². The molecule has 0 bridgehead atoms. The van der Waals surface area contributed by atoms with Gasteiger partial charge in [-0.05, 0) is 18.1 Å². The molecule has 1 saturated heterocycles. The molecule has 8 heavy (non-hydrogen) atoms. The van der Waals surface area contributed by atoms with Crippen LogP contribution in [0.2, 0.25) is 0 Å². The first-order chi connectivity index (χ1) is 3.72. The summed E-state index contributed by atoms with van der Waals surface area (Å²) in [6, 6.07) is 0. The fraction of sp³-hybridized carbons (Fsp3) is 0.800. The molecule has 1 rings (SSSR count). The SMILES string of the molecule is CC1C(=O)CC[S+]1[O-]. The topological polar surface area (TPSA) is 40.1 Å². The van der Waals surface area contributed by atoms with Crippen LogP contribution in [0.5, 0.6) is 0 Å². The fourth-order valence-electron chi connectivity index (χ4n) is 0.728. The van der Waals surface area contributed by atoms with Gasteiger partial charge < -0.3 is 4.55 Å². The fourth-order valence-corrected chi connectivity index (χ4v) is 1.89. The second-order valence-electron chi connectivity index (χ2n) is 1.94. The predicted octanol–water partition coefficient (Wildman–Crippen LogP) is 0.0964. The normalized spacial score (nSPS) is 38.5. The van der Waals surface area contributed by atoms with Crippen LogP contribution in [0.4, 0.5) is 0 Å². The zero-order valence-corrected chi connectivity index (χ0v) is 5.53. The van der Waals surface area contributed by atoms with Crippen LogP contribution in [0.15, 0.2) is 0 Å². The van der Waals surface area contributed by atoms with Crippen LogP contribution in [-0.4, -0.2) is 21.3 Å². The number of carbonyl (C=O) groups is 1. The summed E-state index contributed by atoms with van der Waals surface area (Å²) in [5, 5.41) is -0.185. The van der Waals surface area contributed by atoms with Crippen molar-refractivity contribution in [2.45, 2.75) is 18.6 Å². The van der Waals surface area contributed by atoms with Crippen molar-refractivity contribution in [1.29, 1.82) is 0 Å². The number of Topliss-reactive ketones (excluding diaryl/α,β-unsaturated/α-hetero) is 1. The van der Waals surface area contributed by atoms with E-state index in [9.17, 15) is 9.35 Å². The Morgan fingerprint density at radius 1 is 1.88 bits per heavy atom. The zero-order chi connectivity index (χ0) is 6.15. The molecule has 0 aromatic rings. The van der Waals surface area contributed by atoms with E-state index in [1.54, 1.807) is 6.92 Å². The van der Waals surface area contributed by atoms with Crippen molar-refractivity contribution in [3.8, 4) is 0 Å². The molecule has 1 heterocycles. The number of rotatable bonds is 0. The lowest BCUT2D eigenvalue weighted by Crippen LogP contribution is -2.17. The van der Waals surface area contributed by atoms with Crippen LogP contribution in [-0.2, 0) is 16.0 Å². The van der Waals surface area contributed by atoms with E-state index in [2.05, 4.69) is 0 Å². The molecule has 0 spiro atoms.